The number of amides is 1. The maximum absolute atomic E-state index is 10.7. The van der Waals surface area contributed by atoms with E-state index in [-0.39, 0.29) is 11.7 Å². The zero-order valence-corrected chi connectivity index (χ0v) is 9.66. The molecule has 0 fully saturated rings. The molecule has 0 aromatic rings. The van der Waals surface area contributed by atoms with Gasteiger partial charge in [-0.05, 0) is 27.7 Å². The Morgan fingerprint density at radius 2 is 1.87 bits per heavy atom. The van der Waals surface area contributed by atoms with Gasteiger partial charge in [0.2, 0.25) is 0 Å². The molecule has 0 bridgehead atoms. The van der Waals surface area contributed by atoms with Crippen molar-refractivity contribution < 1.29 is 19.4 Å². The lowest BCUT2D eigenvalue weighted by Gasteiger charge is -2.19. The minimum absolute atomic E-state index is 0.352. The van der Waals surface area contributed by atoms with E-state index in [4.69, 9.17) is 9.84 Å². The van der Waals surface area contributed by atoms with E-state index in [1.54, 1.807) is 0 Å². The number of alkyl carbamates (subject to hydrolysis) is 1. The van der Waals surface area contributed by atoms with Crippen LogP contribution in [-0.2, 0) is 9.53 Å². The molecule has 0 aromatic carbocycles. The van der Waals surface area contributed by atoms with E-state index < -0.39 is 5.97 Å². The first kappa shape index (κ1) is 15.9. The van der Waals surface area contributed by atoms with Gasteiger partial charge in [-0.15, -0.1) is 0 Å². The first-order valence-electron chi connectivity index (χ1n) is 4.55. The Balaban J connectivity index is 0. The Hall–Kier alpha value is -1.52. The number of nitrogens with one attached hydrogen (secondary N) is 1. The monoisotopic (exact) mass is 217 g/mol. The van der Waals surface area contributed by atoms with E-state index in [2.05, 4.69) is 11.9 Å². The molecule has 15 heavy (non-hydrogen) atoms. The molecule has 0 spiro atoms. The van der Waals surface area contributed by atoms with Crippen molar-refractivity contribution in [3.63, 3.8) is 0 Å². The predicted octanol–water partition coefficient (Wildman–Crippen LogP) is 1.79. The number of carboxylic acids is 1. The molecule has 0 saturated heterocycles. The summed E-state index contributed by atoms with van der Waals surface area (Å²) in [5.41, 5.74) is -0.390. The van der Waals surface area contributed by atoms with Gasteiger partial charge in [0.05, 0.1) is 0 Å². The zero-order valence-electron chi connectivity index (χ0n) is 9.66. The summed E-state index contributed by atoms with van der Waals surface area (Å²) in [6, 6.07) is 0. The third kappa shape index (κ3) is 19.1. The summed E-state index contributed by atoms with van der Waals surface area (Å²) < 4.78 is 4.93. The Labute approximate surface area is 90.1 Å². The summed E-state index contributed by atoms with van der Waals surface area (Å²) in [4.78, 5) is 20.0. The van der Waals surface area contributed by atoms with Crippen molar-refractivity contribution >= 4 is 12.1 Å². The fraction of sp³-hybridized carbons (Fsp3) is 0.600. The molecule has 5 heteroatoms. The number of rotatable bonds is 2. The third-order valence-corrected chi connectivity index (χ3v) is 0.895. The summed E-state index contributed by atoms with van der Waals surface area (Å²) in [5.74, 6) is -0.981. The van der Waals surface area contributed by atoms with Crippen LogP contribution in [0.4, 0.5) is 4.79 Å². The van der Waals surface area contributed by atoms with Gasteiger partial charge in [0.1, 0.15) is 5.60 Å². The molecule has 2 N–H and O–H groups in total. The molecule has 0 heterocycles. The van der Waals surface area contributed by atoms with Crippen molar-refractivity contribution in [2.24, 2.45) is 0 Å². The van der Waals surface area contributed by atoms with E-state index >= 15 is 0 Å². The number of carbonyl (C=O) groups is 2. The molecule has 5 nitrogen and oxygen atoms in total. The normalized spacial score (nSPS) is 9.33. The van der Waals surface area contributed by atoms with Crippen LogP contribution in [0.3, 0.4) is 0 Å². The topological polar surface area (TPSA) is 75.6 Å². The highest BCUT2D eigenvalue weighted by molar-refractivity contribution is 5.78. The van der Waals surface area contributed by atoms with Gasteiger partial charge in [-0.25, -0.2) is 9.59 Å². The van der Waals surface area contributed by atoms with Crippen LogP contribution in [0.5, 0.6) is 0 Å². The fourth-order valence-electron chi connectivity index (χ4n) is 0.459. The van der Waals surface area contributed by atoms with E-state index in [0.717, 1.165) is 6.08 Å². The molecule has 0 radical (unpaired) electrons. The number of carbonyl (C=O) groups excluding carboxylic acids is 1. The smallest absolute Gasteiger partial charge is 0.407 e. The van der Waals surface area contributed by atoms with Gasteiger partial charge in [0, 0.05) is 12.6 Å². The van der Waals surface area contributed by atoms with Crippen LogP contribution in [0.2, 0.25) is 0 Å². The zero-order chi connectivity index (χ0) is 12.5. The van der Waals surface area contributed by atoms with Gasteiger partial charge in [-0.1, -0.05) is 6.58 Å². The first-order valence-corrected chi connectivity index (χ1v) is 4.55. The maximum Gasteiger partial charge on any atom is 0.407 e. The third-order valence-electron chi connectivity index (χ3n) is 0.895. The molecule has 0 aliphatic heterocycles. The van der Waals surface area contributed by atoms with Gasteiger partial charge in [-0.3, -0.25) is 0 Å². The summed E-state index contributed by atoms with van der Waals surface area (Å²) in [5, 5.41) is 10.1. The Bertz CT molecular complexity index is 218. The number of hydrogen-bond donors (Lipinski definition) is 2. The van der Waals surface area contributed by atoms with Crippen LogP contribution in [-0.4, -0.2) is 29.3 Å². The summed E-state index contributed by atoms with van der Waals surface area (Å²) in [6.07, 6.45) is 0.481. The molecule has 0 aliphatic carbocycles. The lowest BCUT2D eigenvalue weighted by atomic mass is 10.2. The molecule has 88 valence electrons. The quantitative estimate of drug-likeness (QED) is 0.691. The van der Waals surface area contributed by atoms with Gasteiger partial charge in [0.25, 0.3) is 0 Å². The molecular weight excluding hydrogens is 198 g/mol. The highest BCUT2D eigenvalue weighted by Gasteiger charge is 2.14. The molecule has 0 aliphatic rings. The van der Waals surface area contributed by atoms with Crippen LogP contribution in [0.1, 0.15) is 27.7 Å². The molecule has 0 unspecified atom stereocenters. The average molecular weight is 217 g/mol. The number of hydrogen-bond acceptors (Lipinski definition) is 3. The molecule has 1 amide bonds. The van der Waals surface area contributed by atoms with E-state index in [0.29, 0.717) is 6.54 Å². The van der Waals surface area contributed by atoms with Crippen molar-refractivity contribution in [2.45, 2.75) is 33.3 Å². The Kier molecular flexibility index (Phi) is 8.33. The largest absolute Gasteiger partial charge is 0.478 e. The van der Waals surface area contributed by atoms with E-state index in [1.807, 2.05) is 27.7 Å². The molecular formula is C10H19NO4. The SMILES string of the molecule is C=CC(=O)O.CCNC(=O)OC(C)(C)C. The minimum Gasteiger partial charge on any atom is -0.478 e. The summed E-state index contributed by atoms with van der Waals surface area (Å²) in [7, 11) is 0. The predicted molar refractivity (Wildman–Crippen MR) is 57.7 cm³/mol. The van der Waals surface area contributed by atoms with Crippen LogP contribution in [0.25, 0.3) is 0 Å². The van der Waals surface area contributed by atoms with Crippen LogP contribution < -0.4 is 5.32 Å². The van der Waals surface area contributed by atoms with Gasteiger partial charge in [0.15, 0.2) is 0 Å². The second kappa shape index (κ2) is 7.84. The molecule has 0 rings (SSSR count). The lowest BCUT2D eigenvalue weighted by molar-refractivity contribution is -0.131. The van der Waals surface area contributed by atoms with Crippen molar-refractivity contribution in [2.75, 3.05) is 6.54 Å². The van der Waals surface area contributed by atoms with Crippen molar-refractivity contribution in [3.8, 4) is 0 Å². The minimum atomic E-state index is -0.981. The highest BCUT2D eigenvalue weighted by atomic mass is 16.6. The highest BCUT2D eigenvalue weighted by Crippen LogP contribution is 2.05. The van der Waals surface area contributed by atoms with Crippen LogP contribution in [0.15, 0.2) is 12.7 Å². The van der Waals surface area contributed by atoms with Crippen LogP contribution >= 0.6 is 0 Å². The summed E-state index contributed by atoms with van der Waals surface area (Å²) in [6.45, 7) is 10.9. The van der Waals surface area contributed by atoms with Gasteiger partial charge >= 0.3 is 12.1 Å². The lowest BCUT2D eigenvalue weighted by Crippen LogP contribution is -2.32. The second-order valence-electron chi connectivity index (χ2n) is 3.57. The van der Waals surface area contributed by atoms with E-state index in [1.165, 1.54) is 0 Å². The van der Waals surface area contributed by atoms with Crippen molar-refractivity contribution in [1.29, 1.82) is 0 Å². The van der Waals surface area contributed by atoms with E-state index in [9.17, 15) is 9.59 Å². The van der Waals surface area contributed by atoms with Crippen molar-refractivity contribution in [3.05, 3.63) is 12.7 Å². The van der Waals surface area contributed by atoms with Gasteiger partial charge < -0.3 is 15.2 Å². The fourth-order valence-corrected chi connectivity index (χ4v) is 0.459. The number of ether oxygens (including phenoxy) is 1. The molecule has 0 aromatic heterocycles. The summed E-state index contributed by atoms with van der Waals surface area (Å²) >= 11 is 0. The molecule has 0 atom stereocenters. The number of aliphatic carboxylic acids is 1. The maximum atomic E-state index is 10.7. The Morgan fingerprint density at radius 1 is 1.47 bits per heavy atom. The second-order valence-corrected chi connectivity index (χ2v) is 3.57. The van der Waals surface area contributed by atoms with Gasteiger partial charge in [-0.2, -0.15) is 0 Å². The van der Waals surface area contributed by atoms with Crippen molar-refractivity contribution in [1.82, 2.24) is 5.32 Å². The van der Waals surface area contributed by atoms with Crippen LogP contribution in [0, 0.1) is 0 Å². The molecule has 0 saturated carbocycles. The average Bonchev–Trinajstić information content (AvgIpc) is 2.02. The standard InChI is InChI=1S/C7H15NO2.C3H4O2/c1-5-8-6(9)10-7(2,3)4;1-2-3(4)5/h5H2,1-4H3,(H,8,9);2H,1H2,(H,4,5). The number of carboxylic acid groups (broad SMARTS) is 1. The Morgan fingerprint density at radius 3 is 2.07 bits per heavy atom. The first-order chi connectivity index (χ1) is 6.72.